The van der Waals surface area contributed by atoms with Crippen molar-refractivity contribution in [3.05, 3.63) is 64.2 Å². The summed E-state index contributed by atoms with van der Waals surface area (Å²) < 4.78 is 0. The van der Waals surface area contributed by atoms with E-state index >= 15 is 0 Å². The smallest absolute Gasteiger partial charge is 0.0358 e. The van der Waals surface area contributed by atoms with Crippen LogP contribution in [0.2, 0.25) is 0 Å². The highest BCUT2D eigenvalue weighted by molar-refractivity contribution is 7.98. The molecule has 0 aliphatic rings. The first-order chi connectivity index (χ1) is 10.0. The van der Waals surface area contributed by atoms with Crippen molar-refractivity contribution in [3.63, 3.8) is 0 Å². The Hall–Kier alpha value is -1.25. The Morgan fingerprint density at radius 3 is 2.05 bits per heavy atom. The number of rotatable bonds is 5. The highest BCUT2D eigenvalue weighted by Gasteiger charge is 2.13. The molecule has 0 amide bonds. The van der Waals surface area contributed by atoms with Crippen LogP contribution in [0.25, 0.3) is 0 Å². The van der Waals surface area contributed by atoms with Gasteiger partial charge in [-0.1, -0.05) is 29.8 Å². The van der Waals surface area contributed by atoms with Gasteiger partial charge in [0.25, 0.3) is 0 Å². The summed E-state index contributed by atoms with van der Waals surface area (Å²) in [5, 5.41) is 3.47. The van der Waals surface area contributed by atoms with E-state index in [-0.39, 0.29) is 0 Å². The fourth-order valence-electron chi connectivity index (χ4n) is 2.96. The van der Waals surface area contributed by atoms with E-state index in [2.05, 4.69) is 68.7 Å². The van der Waals surface area contributed by atoms with E-state index in [1.54, 1.807) is 11.8 Å². The maximum absolute atomic E-state index is 3.47. The van der Waals surface area contributed by atoms with E-state index in [1.165, 1.54) is 32.7 Å². The van der Waals surface area contributed by atoms with Gasteiger partial charge in [-0.15, -0.1) is 11.8 Å². The zero-order valence-electron chi connectivity index (χ0n) is 13.7. The number of hydrogen-bond donors (Lipinski definition) is 1. The molecular weight excluding hydrogens is 274 g/mol. The van der Waals surface area contributed by atoms with Crippen LogP contribution in [0, 0.1) is 20.8 Å². The predicted octanol–water partition coefficient (Wildman–Crippen LogP) is 4.84. The Kier molecular flexibility index (Phi) is 5.49. The van der Waals surface area contributed by atoms with Gasteiger partial charge in [-0.2, -0.15) is 0 Å². The van der Waals surface area contributed by atoms with Crippen molar-refractivity contribution in [1.29, 1.82) is 0 Å². The number of likely N-dealkylation sites (N-methyl/N-ethyl adjacent to an activating group) is 1. The average molecular weight is 299 g/mol. The van der Waals surface area contributed by atoms with Gasteiger partial charge in [0, 0.05) is 10.9 Å². The van der Waals surface area contributed by atoms with Crippen LogP contribution >= 0.6 is 11.8 Å². The molecule has 0 saturated heterocycles. The van der Waals surface area contributed by atoms with Gasteiger partial charge in [0.1, 0.15) is 0 Å². The van der Waals surface area contributed by atoms with E-state index in [9.17, 15) is 0 Å². The third kappa shape index (κ3) is 3.90. The Morgan fingerprint density at radius 2 is 1.57 bits per heavy atom. The zero-order valence-corrected chi connectivity index (χ0v) is 14.5. The van der Waals surface area contributed by atoms with Crippen molar-refractivity contribution in [2.45, 2.75) is 38.1 Å². The van der Waals surface area contributed by atoms with Crippen LogP contribution in [-0.4, -0.2) is 13.3 Å². The molecule has 0 spiro atoms. The van der Waals surface area contributed by atoms with Crippen LogP contribution in [0.1, 0.15) is 33.9 Å². The van der Waals surface area contributed by atoms with Crippen molar-refractivity contribution >= 4 is 11.8 Å². The highest BCUT2D eigenvalue weighted by atomic mass is 32.2. The van der Waals surface area contributed by atoms with Gasteiger partial charge in [0.05, 0.1) is 0 Å². The lowest BCUT2D eigenvalue weighted by Crippen LogP contribution is -2.19. The van der Waals surface area contributed by atoms with Crippen LogP contribution in [0.15, 0.2) is 41.3 Å². The van der Waals surface area contributed by atoms with Crippen molar-refractivity contribution in [2.75, 3.05) is 13.3 Å². The molecule has 1 unspecified atom stereocenters. The molecule has 1 N–H and O–H groups in total. The average Bonchev–Trinajstić information content (AvgIpc) is 2.47. The summed E-state index contributed by atoms with van der Waals surface area (Å²) in [5.41, 5.74) is 6.96. The molecule has 21 heavy (non-hydrogen) atoms. The molecule has 2 aromatic rings. The van der Waals surface area contributed by atoms with Gasteiger partial charge in [-0.3, -0.25) is 0 Å². The molecule has 0 heterocycles. The van der Waals surface area contributed by atoms with Gasteiger partial charge >= 0.3 is 0 Å². The largest absolute Gasteiger partial charge is 0.313 e. The van der Waals surface area contributed by atoms with Crippen LogP contribution in [0.4, 0.5) is 0 Å². The monoisotopic (exact) mass is 299 g/mol. The summed E-state index contributed by atoms with van der Waals surface area (Å²) in [6, 6.07) is 13.8. The van der Waals surface area contributed by atoms with Crippen molar-refractivity contribution < 1.29 is 0 Å². The maximum atomic E-state index is 3.47. The van der Waals surface area contributed by atoms with Crippen molar-refractivity contribution in [1.82, 2.24) is 5.32 Å². The van der Waals surface area contributed by atoms with Gasteiger partial charge in [-0.05, 0) is 74.9 Å². The van der Waals surface area contributed by atoms with Gasteiger partial charge < -0.3 is 5.32 Å². The highest BCUT2D eigenvalue weighted by Crippen LogP contribution is 2.25. The summed E-state index contributed by atoms with van der Waals surface area (Å²) in [6.45, 7) is 6.61. The molecule has 2 heteroatoms. The number of benzene rings is 2. The first kappa shape index (κ1) is 16.1. The number of aryl methyl sites for hydroxylation is 3. The molecular formula is C19H25NS. The van der Waals surface area contributed by atoms with Crippen LogP contribution in [0.3, 0.4) is 0 Å². The normalized spacial score (nSPS) is 12.4. The molecule has 0 saturated carbocycles. The fourth-order valence-corrected chi connectivity index (χ4v) is 3.37. The second kappa shape index (κ2) is 7.15. The lowest BCUT2D eigenvalue weighted by Gasteiger charge is -2.20. The minimum Gasteiger partial charge on any atom is -0.313 e. The number of hydrogen-bond acceptors (Lipinski definition) is 2. The molecule has 1 nitrogen and oxygen atoms in total. The second-order valence-electron chi connectivity index (χ2n) is 5.70. The van der Waals surface area contributed by atoms with Crippen LogP contribution in [-0.2, 0) is 6.42 Å². The molecule has 2 rings (SSSR count). The molecule has 0 fully saturated rings. The topological polar surface area (TPSA) is 12.0 Å². The van der Waals surface area contributed by atoms with Gasteiger partial charge in [-0.25, -0.2) is 0 Å². The lowest BCUT2D eigenvalue weighted by molar-refractivity contribution is 0.588. The molecule has 2 aromatic carbocycles. The molecule has 0 bridgehead atoms. The summed E-state index contributed by atoms with van der Waals surface area (Å²) >= 11 is 1.79. The second-order valence-corrected chi connectivity index (χ2v) is 6.58. The molecule has 112 valence electrons. The Morgan fingerprint density at radius 1 is 1.00 bits per heavy atom. The standard InChI is InChI=1S/C19H25NS/c1-13-10-14(2)18(15(3)11-13)12-19(20-4)16-6-8-17(21-5)9-7-16/h6-11,19-20H,12H2,1-5H3. The van der Waals surface area contributed by atoms with Gasteiger partial charge in [0.15, 0.2) is 0 Å². The lowest BCUT2D eigenvalue weighted by atomic mass is 9.92. The summed E-state index contributed by atoms with van der Waals surface area (Å²) in [6.07, 6.45) is 3.15. The Balaban J connectivity index is 2.26. The van der Waals surface area contributed by atoms with E-state index in [0.29, 0.717) is 6.04 Å². The minimum atomic E-state index is 0.362. The van der Waals surface area contributed by atoms with Crippen molar-refractivity contribution in [2.24, 2.45) is 0 Å². The SMILES string of the molecule is CNC(Cc1c(C)cc(C)cc1C)c1ccc(SC)cc1. The summed E-state index contributed by atoms with van der Waals surface area (Å²) in [5.74, 6) is 0. The number of thioether (sulfide) groups is 1. The molecule has 0 aliphatic carbocycles. The predicted molar refractivity (Wildman–Crippen MR) is 94.4 cm³/mol. The Bertz CT molecular complexity index is 578. The number of nitrogens with one attached hydrogen (secondary N) is 1. The fraction of sp³-hybridized carbons (Fsp3) is 0.368. The minimum absolute atomic E-state index is 0.362. The zero-order chi connectivity index (χ0) is 15.4. The van der Waals surface area contributed by atoms with Crippen LogP contribution in [0.5, 0.6) is 0 Å². The third-order valence-electron chi connectivity index (χ3n) is 4.12. The molecule has 1 atom stereocenters. The van der Waals surface area contributed by atoms with Crippen LogP contribution < -0.4 is 5.32 Å². The third-order valence-corrected chi connectivity index (χ3v) is 4.86. The maximum Gasteiger partial charge on any atom is 0.0358 e. The summed E-state index contributed by atoms with van der Waals surface area (Å²) in [7, 11) is 2.05. The molecule has 0 aliphatic heterocycles. The van der Waals surface area contributed by atoms with Gasteiger partial charge in [0.2, 0.25) is 0 Å². The van der Waals surface area contributed by atoms with Crippen molar-refractivity contribution in [3.8, 4) is 0 Å². The van der Waals surface area contributed by atoms with E-state index in [0.717, 1.165) is 6.42 Å². The quantitative estimate of drug-likeness (QED) is 0.793. The first-order valence-corrected chi connectivity index (χ1v) is 8.65. The molecule has 0 radical (unpaired) electrons. The Labute approximate surface area is 133 Å². The first-order valence-electron chi connectivity index (χ1n) is 7.43. The summed E-state index contributed by atoms with van der Waals surface area (Å²) in [4.78, 5) is 1.32. The van der Waals surface area contributed by atoms with E-state index in [1.807, 2.05) is 7.05 Å². The van der Waals surface area contributed by atoms with E-state index in [4.69, 9.17) is 0 Å². The molecule has 0 aromatic heterocycles. The van der Waals surface area contributed by atoms with E-state index < -0.39 is 0 Å².